The lowest BCUT2D eigenvalue weighted by Crippen LogP contribution is -2.34. The molecule has 0 radical (unpaired) electrons. The maximum atomic E-state index is 12.8. The van der Waals surface area contributed by atoms with Crippen LogP contribution < -0.4 is 0 Å². The van der Waals surface area contributed by atoms with Gasteiger partial charge in [-0.05, 0) is 30.7 Å². The lowest BCUT2D eigenvalue weighted by Gasteiger charge is -2.17. The average Bonchev–Trinajstić information content (AvgIpc) is 2.92. The van der Waals surface area contributed by atoms with Gasteiger partial charge in [0.25, 0.3) is 5.91 Å². The summed E-state index contributed by atoms with van der Waals surface area (Å²) in [7, 11) is 0. The molecular weight excluding hydrogens is 352 g/mol. The number of amides is 1. The number of aliphatic imine (C=N–C) groups is 1. The summed E-state index contributed by atoms with van der Waals surface area (Å²) in [5.74, 6) is -0.801. The largest absolute Gasteiger partial charge is 0.481 e. The summed E-state index contributed by atoms with van der Waals surface area (Å²) in [4.78, 5) is 29.6. The first kappa shape index (κ1) is 17.9. The van der Waals surface area contributed by atoms with E-state index in [9.17, 15) is 9.59 Å². The average molecular weight is 369 g/mol. The van der Waals surface area contributed by atoms with Gasteiger partial charge in [-0.1, -0.05) is 53.6 Å². The number of nitrogens with zero attached hydrogens (tertiary/aromatic N) is 2. The predicted octanol–water partition coefficient (Wildman–Crippen LogP) is 3.75. The molecule has 0 fully saturated rings. The Kier molecular flexibility index (Phi) is 5.19. The highest BCUT2D eigenvalue weighted by atomic mass is 35.5. The van der Waals surface area contributed by atoms with Gasteiger partial charge in [-0.25, -0.2) is 4.99 Å². The molecule has 1 N–H and O–H groups in total. The Morgan fingerprint density at radius 3 is 2.42 bits per heavy atom. The SMILES string of the molecule is Cc1ccc(C2=N/C(=C\c3ccc(Cl)cc3)C(=O)N2CCC(=O)O)cc1. The number of carbonyl (C=O) groups is 2. The topological polar surface area (TPSA) is 70.0 Å². The molecule has 0 spiro atoms. The second-order valence-electron chi connectivity index (χ2n) is 5.98. The molecule has 1 amide bonds. The minimum atomic E-state index is -0.962. The molecule has 0 aromatic heterocycles. The monoisotopic (exact) mass is 368 g/mol. The summed E-state index contributed by atoms with van der Waals surface area (Å²) in [5, 5.41) is 9.58. The third kappa shape index (κ3) is 4.00. The van der Waals surface area contributed by atoms with E-state index in [1.807, 2.05) is 31.2 Å². The van der Waals surface area contributed by atoms with Crippen molar-refractivity contribution in [2.24, 2.45) is 4.99 Å². The number of aryl methyl sites for hydroxylation is 1. The minimum Gasteiger partial charge on any atom is -0.481 e. The van der Waals surface area contributed by atoms with Crippen molar-refractivity contribution in [3.63, 3.8) is 0 Å². The molecule has 132 valence electrons. The summed E-state index contributed by atoms with van der Waals surface area (Å²) in [5.41, 5.74) is 2.93. The number of hydrogen-bond donors (Lipinski definition) is 1. The Morgan fingerprint density at radius 1 is 1.15 bits per heavy atom. The Balaban J connectivity index is 1.98. The van der Waals surface area contributed by atoms with Crippen molar-refractivity contribution in [3.05, 3.63) is 75.9 Å². The predicted molar refractivity (Wildman–Crippen MR) is 101 cm³/mol. The summed E-state index contributed by atoms with van der Waals surface area (Å²) < 4.78 is 0. The van der Waals surface area contributed by atoms with E-state index in [1.165, 1.54) is 4.90 Å². The van der Waals surface area contributed by atoms with Crippen LogP contribution in [-0.4, -0.2) is 34.3 Å². The van der Waals surface area contributed by atoms with Crippen molar-refractivity contribution in [1.82, 2.24) is 4.90 Å². The van der Waals surface area contributed by atoms with Crippen molar-refractivity contribution in [2.75, 3.05) is 6.54 Å². The van der Waals surface area contributed by atoms with E-state index in [-0.39, 0.29) is 24.6 Å². The number of carbonyl (C=O) groups excluding carboxylic acids is 1. The molecule has 1 aliphatic rings. The fourth-order valence-corrected chi connectivity index (χ4v) is 2.73. The van der Waals surface area contributed by atoms with Crippen LogP contribution >= 0.6 is 11.6 Å². The molecule has 3 rings (SSSR count). The Bertz CT molecular complexity index is 900. The van der Waals surface area contributed by atoms with Crippen LogP contribution in [0.5, 0.6) is 0 Å². The van der Waals surface area contributed by atoms with E-state index >= 15 is 0 Å². The minimum absolute atomic E-state index is 0.0683. The summed E-state index contributed by atoms with van der Waals surface area (Å²) in [6.07, 6.45) is 1.53. The lowest BCUT2D eigenvalue weighted by molar-refractivity contribution is -0.137. The molecule has 1 heterocycles. The maximum Gasteiger partial charge on any atom is 0.305 e. The van der Waals surface area contributed by atoms with Crippen LogP contribution in [0.1, 0.15) is 23.1 Å². The Hall–Kier alpha value is -2.92. The molecule has 2 aromatic rings. The molecular formula is C20H17ClN2O3. The van der Waals surface area contributed by atoms with E-state index < -0.39 is 5.97 Å². The number of aliphatic carboxylic acids is 1. The molecule has 0 atom stereocenters. The molecule has 2 aromatic carbocycles. The molecule has 26 heavy (non-hydrogen) atoms. The molecule has 0 aliphatic carbocycles. The lowest BCUT2D eigenvalue weighted by atomic mass is 10.1. The number of carboxylic acid groups (broad SMARTS) is 1. The van der Waals surface area contributed by atoms with Crippen molar-refractivity contribution >= 4 is 35.4 Å². The summed E-state index contributed by atoms with van der Waals surface area (Å²) in [6, 6.07) is 14.7. The third-order valence-corrected chi connectivity index (χ3v) is 4.23. The summed E-state index contributed by atoms with van der Waals surface area (Å²) in [6.45, 7) is 2.04. The highest BCUT2D eigenvalue weighted by molar-refractivity contribution is 6.30. The van der Waals surface area contributed by atoms with Gasteiger partial charge in [0.1, 0.15) is 11.5 Å². The second-order valence-corrected chi connectivity index (χ2v) is 6.42. The summed E-state index contributed by atoms with van der Waals surface area (Å²) >= 11 is 5.89. The smallest absolute Gasteiger partial charge is 0.305 e. The van der Waals surface area contributed by atoms with Gasteiger partial charge >= 0.3 is 5.97 Å². The molecule has 0 saturated heterocycles. The van der Waals surface area contributed by atoms with Crippen LogP contribution in [0.3, 0.4) is 0 Å². The van der Waals surface area contributed by atoms with E-state index in [4.69, 9.17) is 16.7 Å². The van der Waals surface area contributed by atoms with Crippen LogP contribution in [-0.2, 0) is 9.59 Å². The second kappa shape index (κ2) is 7.54. The maximum absolute atomic E-state index is 12.8. The van der Waals surface area contributed by atoms with Gasteiger partial charge in [0.2, 0.25) is 0 Å². The highest BCUT2D eigenvalue weighted by Gasteiger charge is 2.31. The van der Waals surface area contributed by atoms with E-state index in [0.717, 1.165) is 16.7 Å². The molecule has 0 saturated carbocycles. The van der Waals surface area contributed by atoms with Gasteiger partial charge in [-0.2, -0.15) is 0 Å². The van der Waals surface area contributed by atoms with Gasteiger partial charge in [0.15, 0.2) is 0 Å². The van der Waals surface area contributed by atoms with Gasteiger partial charge in [0.05, 0.1) is 6.42 Å². The van der Waals surface area contributed by atoms with Crippen molar-refractivity contribution in [2.45, 2.75) is 13.3 Å². The van der Waals surface area contributed by atoms with Crippen molar-refractivity contribution in [1.29, 1.82) is 0 Å². The molecule has 0 unspecified atom stereocenters. The zero-order valence-electron chi connectivity index (χ0n) is 14.1. The standard InChI is InChI=1S/C20H17ClN2O3/c1-13-2-6-15(7-3-13)19-22-17(12-14-4-8-16(21)9-5-14)20(26)23(19)11-10-18(24)25/h2-9,12H,10-11H2,1H3,(H,24,25)/b17-12-. The number of halogens is 1. The van der Waals surface area contributed by atoms with Crippen LogP contribution in [0.15, 0.2) is 59.2 Å². The normalized spacial score (nSPS) is 15.5. The van der Waals surface area contributed by atoms with Crippen molar-refractivity contribution < 1.29 is 14.7 Å². The Labute approximate surface area is 156 Å². The zero-order chi connectivity index (χ0) is 18.7. The van der Waals surface area contributed by atoms with E-state index in [2.05, 4.69) is 4.99 Å². The zero-order valence-corrected chi connectivity index (χ0v) is 14.9. The first-order valence-corrected chi connectivity index (χ1v) is 8.48. The number of rotatable bonds is 5. The fourth-order valence-electron chi connectivity index (χ4n) is 2.61. The van der Waals surface area contributed by atoms with Gasteiger partial charge in [-0.3, -0.25) is 14.5 Å². The van der Waals surface area contributed by atoms with E-state index in [1.54, 1.807) is 30.3 Å². The van der Waals surface area contributed by atoms with Crippen LogP contribution in [0.2, 0.25) is 5.02 Å². The fraction of sp³-hybridized carbons (Fsp3) is 0.150. The highest BCUT2D eigenvalue weighted by Crippen LogP contribution is 2.23. The van der Waals surface area contributed by atoms with Crippen LogP contribution in [0.4, 0.5) is 0 Å². The first-order valence-electron chi connectivity index (χ1n) is 8.11. The van der Waals surface area contributed by atoms with Crippen LogP contribution in [0.25, 0.3) is 6.08 Å². The molecule has 5 nitrogen and oxygen atoms in total. The molecule has 0 bridgehead atoms. The van der Waals surface area contributed by atoms with Crippen molar-refractivity contribution in [3.8, 4) is 0 Å². The molecule has 6 heteroatoms. The number of hydrogen-bond acceptors (Lipinski definition) is 3. The first-order chi connectivity index (χ1) is 12.4. The quantitative estimate of drug-likeness (QED) is 0.817. The van der Waals surface area contributed by atoms with Gasteiger partial charge < -0.3 is 5.11 Å². The molecule has 1 aliphatic heterocycles. The van der Waals surface area contributed by atoms with E-state index in [0.29, 0.717) is 10.9 Å². The number of carboxylic acids is 1. The van der Waals surface area contributed by atoms with Gasteiger partial charge in [-0.15, -0.1) is 0 Å². The Morgan fingerprint density at radius 2 is 1.81 bits per heavy atom. The number of amidine groups is 1. The third-order valence-electron chi connectivity index (χ3n) is 3.98. The van der Waals surface area contributed by atoms with Gasteiger partial charge in [0, 0.05) is 17.1 Å². The number of benzene rings is 2. The van der Waals surface area contributed by atoms with Crippen LogP contribution in [0, 0.1) is 6.92 Å².